The smallest absolute Gasteiger partial charge is 0.257 e. The zero-order valence-corrected chi connectivity index (χ0v) is 10.1. The molecule has 1 N–H and O–H groups in total. The first kappa shape index (κ1) is 10.3. The molecule has 1 amide bonds. The third-order valence-corrected chi connectivity index (χ3v) is 3.41. The number of benzene rings is 1. The lowest BCUT2D eigenvalue weighted by Crippen LogP contribution is -2.11. The monoisotopic (exact) mass is 262 g/mol. The first-order valence-corrected chi connectivity index (χ1v) is 6.37. The van der Waals surface area contributed by atoms with Crippen molar-refractivity contribution in [2.24, 2.45) is 0 Å². The summed E-state index contributed by atoms with van der Waals surface area (Å²) in [6.07, 6.45) is 1.65. The van der Waals surface area contributed by atoms with E-state index in [4.69, 9.17) is 0 Å². The van der Waals surface area contributed by atoms with Crippen LogP contribution in [-0.4, -0.2) is 19.6 Å². The highest BCUT2D eigenvalue weighted by molar-refractivity contribution is 7.13. The third kappa shape index (κ3) is 2.02. The van der Waals surface area contributed by atoms with Gasteiger partial charge in [0.25, 0.3) is 5.91 Å². The number of rotatable bonds is 2. The molecule has 0 radical (unpaired) electrons. The van der Waals surface area contributed by atoms with Crippen molar-refractivity contribution in [3.63, 3.8) is 0 Å². The predicted octanol–water partition coefficient (Wildman–Crippen LogP) is 2.40. The zero-order chi connectivity index (χ0) is 11.7. The molecule has 0 spiro atoms. The fraction of sp³-hybridized carbons (Fsp3) is 0. The summed E-state index contributed by atoms with van der Waals surface area (Å²) in [6, 6.07) is 5.24. The van der Waals surface area contributed by atoms with Crippen molar-refractivity contribution < 1.29 is 4.79 Å². The van der Waals surface area contributed by atoms with Gasteiger partial charge >= 0.3 is 0 Å². The fourth-order valence-corrected chi connectivity index (χ4v) is 2.42. The minimum absolute atomic E-state index is 0.185. The average molecular weight is 262 g/mol. The standard InChI is InChI=1S/C10H6N4OS2/c15-9(12-10-11-3-4-16-10)6-1-2-7-8(5-6)14-17-13-7/h1-5H,(H,11,12,15). The topological polar surface area (TPSA) is 67.8 Å². The van der Waals surface area contributed by atoms with Crippen LogP contribution in [0.3, 0.4) is 0 Å². The summed E-state index contributed by atoms with van der Waals surface area (Å²) in [5.41, 5.74) is 2.10. The highest BCUT2D eigenvalue weighted by Crippen LogP contribution is 2.16. The van der Waals surface area contributed by atoms with E-state index in [-0.39, 0.29) is 5.91 Å². The molecular weight excluding hydrogens is 256 g/mol. The highest BCUT2D eigenvalue weighted by Gasteiger charge is 2.09. The second kappa shape index (κ2) is 4.19. The fourth-order valence-electron chi connectivity index (χ4n) is 1.38. The van der Waals surface area contributed by atoms with Crippen LogP contribution in [0.4, 0.5) is 5.13 Å². The number of amides is 1. The molecule has 0 aliphatic rings. The number of anilines is 1. The summed E-state index contributed by atoms with van der Waals surface area (Å²) in [6.45, 7) is 0. The molecule has 17 heavy (non-hydrogen) atoms. The Hall–Kier alpha value is -1.86. The first-order valence-electron chi connectivity index (χ1n) is 4.76. The van der Waals surface area contributed by atoms with Crippen molar-refractivity contribution >= 4 is 45.1 Å². The number of nitrogens with one attached hydrogen (secondary N) is 1. The number of fused-ring (bicyclic) bond motifs is 1. The molecular formula is C10H6N4OS2. The number of carbonyl (C=O) groups is 1. The Balaban J connectivity index is 1.90. The number of thiazole rings is 1. The Morgan fingerprint density at radius 3 is 2.94 bits per heavy atom. The predicted molar refractivity (Wildman–Crippen MR) is 67.5 cm³/mol. The van der Waals surface area contributed by atoms with Crippen molar-refractivity contribution in [1.29, 1.82) is 0 Å². The van der Waals surface area contributed by atoms with E-state index >= 15 is 0 Å². The molecule has 0 unspecified atom stereocenters. The zero-order valence-electron chi connectivity index (χ0n) is 8.45. The van der Waals surface area contributed by atoms with Gasteiger partial charge in [0.15, 0.2) is 5.13 Å². The van der Waals surface area contributed by atoms with E-state index in [0.29, 0.717) is 10.7 Å². The third-order valence-electron chi connectivity index (χ3n) is 2.17. The summed E-state index contributed by atoms with van der Waals surface area (Å²) in [5.74, 6) is -0.185. The van der Waals surface area contributed by atoms with E-state index in [9.17, 15) is 4.79 Å². The van der Waals surface area contributed by atoms with Gasteiger partial charge in [-0.3, -0.25) is 10.1 Å². The van der Waals surface area contributed by atoms with E-state index in [1.54, 1.807) is 24.4 Å². The SMILES string of the molecule is O=C(Nc1nccs1)c1ccc2nsnc2c1. The summed E-state index contributed by atoms with van der Waals surface area (Å²) in [5, 5.41) is 5.12. The van der Waals surface area contributed by atoms with Gasteiger partial charge in [0.2, 0.25) is 0 Å². The molecule has 0 fully saturated rings. The molecule has 0 aliphatic carbocycles. The molecule has 0 aliphatic heterocycles. The van der Waals surface area contributed by atoms with Crippen molar-refractivity contribution in [1.82, 2.24) is 13.7 Å². The Bertz CT molecular complexity index is 662. The molecule has 0 bridgehead atoms. The summed E-state index contributed by atoms with van der Waals surface area (Å²) in [7, 11) is 0. The molecule has 7 heteroatoms. The van der Waals surface area contributed by atoms with Gasteiger partial charge in [-0.25, -0.2) is 4.98 Å². The minimum Gasteiger partial charge on any atom is -0.298 e. The summed E-state index contributed by atoms with van der Waals surface area (Å²) < 4.78 is 8.18. The van der Waals surface area contributed by atoms with Crippen molar-refractivity contribution in [3.05, 3.63) is 35.3 Å². The van der Waals surface area contributed by atoms with Crippen LogP contribution in [0.15, 0.2) is 29.8 Å². The van der Waals surface area contributed by atoms with Crippen LogP contribution in [-0.2, 0) is 0 Å². The lowest BCUT2D eigenvalue weighted by Gasteiger charge is -2.00. The quantitative estimate of drug-likeness (QED) is 0.770. The summed E-state index contributed by atoms with van der Waals surface area (Å²) >= 11 is 2.52. The van der Waals surface area contributed by atoms with Crippen molar-refractivity contribution in [2.75, 3.05) is 5.32 Å². The maximum atomic E-state index is 11.9. The van der Waals surface area contributed by atoms with Gasteiger partial charge in [-0.15, -0.1) is 11.3 Å². The van der Waals surface area contributed by atoms with Crippen molar-refractivity contribution in [2.45, 2.75) is 0 Å². The van der Waals surface area contributed by atoms with Crippen LogP contribution in [0.5, 0.6) is 0 Å². The number of hydrogen-bond donors (Lipinski definition) is 1. The van der Waals surface area contributed by atoms with Crippen molar-refractivity contribution in [3.8, 4) is 0 Å². The Labute approximate surface area is 104 Å². The number of nitrogens with zero attached hydrogens (tertiary/aromatic N) is 3. The molecule has 3 aromatic rings. The van der Waals surface area contributed by atoms with Crippen LogP contribution in [0.1, 0.15) is 10.4 Å². The molecule has 84 valence electrons. The first-order chi connectivity index (χ1) is 8.33. The maximum absolute atomic E-state index is 11.9. The van der Waals surface area contributed by atoms with Gasteiger partial charge in [-0.1, -0.05) is 0 Å². The van der Waals surface area contributed by atoms with Crippen LogP contribution in [0.25, 0.3) is 11.0 Å². The molecule has 0 saturated carbocycles. The minimum atomic E-state index is -0.185. The van der Waals surface area contributed by atoms with Gasteiger partial charge in [0.05, 0.1) is 11.7 Å². The van der Waals surface area contributed by atoms with Crippen LogP contribution in [0, 0.1) is 0 Å². The second-order valence-corrected chi connectivity index (χ2v) is 4.68. The van der Waals surface area contributed by atoms with Crippen LogP contribution >= 0.6 is 23.1 Å². The van der Waals surface area contributed by atoms with Gasteiger partial charge in [-0.05, 0) is 18.2 Å². The number of hydrogen-bond acceptors (Lipinski definition) is 6. The van der Waals surface area contributed by atoms with Gasteiger partial charge < -0.3 is 0 Å². The van der Waals surface area contributed by atoms with Gasteiger partial charge in [0.1, 0.15) is 11.0 Å². The Morgan fingerprint density at radius 1 is 1.24 bits per heavy atom. The average Bonchev–Trinajstić information content (AvgIpc) is 2.97. The van der Waals surface area contributed by atoms with E-state index in [1.807, 2.05) is 5.38 Å². The lowest BCUT2D eigenvalue weighted by molar-refractivity contribution is 0.102. The maximum Gasteiger partial charge on any atom is 0.257 e. The van der Waals surface area contributed by atoms with E-state index < -0.39 is 0 Å². The lowest BCUT2D eigenvalue weighted by atomic mass is 10.2. The Kier molecular flexibility index (Phi) is 2.54. The van der Waals surface area contributed by atoms with E-state index in [0.717, 1.165) is 22.8 Å². The second-order valence-electron chi connectivity index (χ2n) is 3.26. The summed E-state index contributed by atoms with van der Waals surface area (Å²) in [4.78, 5) is 15.9. The molecule has 2 aromatic heterocycles. The highest BCUT2D eigenvalue weighted by atomic mass is 32.1. The molecule has 0 saturated heterocycles. The molecule has 3 rings (SSSR count). The van der Waals surface area contributed by atoms with Gasteiger partial charge in [0, 0.05) is 17.1 Å². The van der Waals surface area contributed by atoms with E-state index in [2.05, 4.69) is 19.0 Å². The molecule has 0 atom stereocenters. The van der Waals surface area contributed by atoms with Crippen LogP contribution < -0.4 is 5.32 Å². The Morgan fingerprint density at radius 2 is 2.12 bits per heavy atom. The molecule has 2 heterocycles. The van der Waals surface area contributed by atoms with Crippen LogP contribution in [0.2, 0.25) is 0 Å². The normalized spacial score (nSPS) is 10.6. The van der Waals surface area contributed by atoms with Gasteiger partial charge in [-0.2, -0.15) is 8.75 Å². The number of aromatic nitrogens is 3. The number of carbonyl (C=O) groups excluding carboxylic acids is 1. The van der Waals surface area contributed by atoms with E-state index in [1.165, 1.54) is 11.3 Å². The molecule has 1 aromatic carbocycles. The largest absolute Gasteiger partial charge is 0.298 e. The molecule has 5 nitrogen and oxygen atoms in total.